The predicted molar refractivity (Wildman–Crippen MR) is 94.1 cm³/mol. The third-order valence-electron chi connectivity index (χ3n) is 3.23. The largest absolute Gasteiger partial charge is 0.328 e. The van der Waals surface area contributed by atoms with Crippen LogP contribution in [-0.2, 0) is 0 Å². The summed E-state index contributed by atoms with van der Waals surface area (Å²) >= 11 is 12.3. The van der Waals surface area contributed by atoms with Crippen molar-refractivity contribution in [1.82, 2.24) is 15.2 Å². The normalized spacial score (nSPS) is 10.4. The third kappa shape index (κ3) is 3.52. The molecule has 0 saturated carbocycles. The van der Waals surface area contributed by atoms with Gasteiger partial charge in [-0.25, -0.2) is 0 Å². The Bertz CT molecular complexity index is 790. The Morgan fingerprint density at radius 3 is 2.35 bits per heavy atom. The van der Waals surface area contributed by atoms with E-state index in [9.17, 15) is 0 Å². The zero-order valence-electron chi connectivity index (χ0n) is 12.2. The molecule has 7 heteroatoms. The molecule has 23 heavy (non-hydrogen) atoms. The van der Waals surface area contributed by atoms with Crippen LogP contribution in [0.1, 0.15) is 0 Å². The number of hydrogen-bond acceptors (Lipinski definition) is 5. The lowest BCUT2D eigenvalue weighted by molar-refractivity contribution is 0.957. The molecule has 0 radical (unpaired) electrons. The van der Waals surface area contributed by atoms with Gasteiger partial charge in [-0.05, 0) is 24.3 Å². The third-order valence-corrected chi connectivity index (χ3v) is 3.86. The fourth-order valence-electron chi connectivity index (χ4n) is 2.02. The molecule has 0 fully saturated rings. The second kappa shape index (κ2) is 6.81. The number of benzene rings is 2. The first-order valence-electron chi connectivity index (χ1n) is 6.84. The van der Waals surface area contributed by atoms with Crippen LogP contribution in [0.25, 0.3) is 0 Å². The molecule has 0 aliphatic heterocycles. The van der Waals surface area contributed by atoms with E-state index in [-0.39, 0.29) is 0 Å². The van der Waals surface area contributed by atoms with Crippen LogP contribution < -0.4 is 10.2 Å². The molecule has 116 valence electrons. The molecule has 1 heterocycles. The Labute approximate surface area is 143 Å². The molecular weight excluding hydrogens is 333 g/mol. The van der Waals surface area contributed by atoms with Crippen molar-refractivity contribution < 1.29 is 0 Å². The Hall–Kier alpha value is -2.37. The highest BCUT2D eigenvalue weighted by atomic mass is 35.5. The highest BCUT2D eigenvalue weighted by molar-refractivity contribution is 6.39. The number of aromatic nitrogens is 3. The van der Waals surface area contributed by atoms with Crippen LogP contribution in [0.2, 0.25) is 10.0 Å². The molecule has 0 atom stereocenters. The lowest BCUT2D eigenvalue weighted by atomic mass is 10.3. The molecule has 1 N–H and O–H groups in total. The van der Waals surface area contributed by atoms with Gasteiger partial charge in [-0.2, -0.15) is 10.1 Å². The lowest BCUT2D eigenvalue weighted by Gasteiger charge is -2.18. The topological polar surface area (TPSA) is 53.9 Å². The smallest absolute Gasteiger partial charge is 0.249 e. The van der Waals surface area contributed by atoms with E-state index < -0.39 is 0 Å². The molecule has 0 spiro atoms. The maximum Gasteiger partial charge on any atom is 0.249 e. The first kappa shape index (κ1) is 15.5. The summed E-state index contributed by atoms with van der Waals surface area (Å²) in [6, 6.07) is 15.1. The molecule has 0 bridgehead atoms. The van der Waals surface area contributed by atoms with Crippen molar-refractivity contribution in [3.05, 3.63) is 64.8 Å². The van der Waals surface area contributed by atoms with Gasteiger partial charge in [0.25, 0.3) is 0 Å². The molecular formula is C16H13Cl2N5. The Morgan fingerprint density at radius 2 is 1.65 bits per heavy atom. The second-order valence-corrected chi connectivity index (χ2v) is 5.57. The zero-order valence-corrected chi connectivity index (χ0v) is 13.8. The molecule has 3 rings (SSSR count). The van der Waals surface area contributed by atoms with Gasteiger partial charge < -0.3 is 10.2 Å². The highest BCUT2D eigenvalue weighted by Gasteiger charge is 2.10. The minimum Gasteiger partial charge on any atom is -0.328 e. The highest BCUT2D eigenvalue weighted by Crippen LogP contribution is 2.32. The van der Waals surface area contributed by atoms with Gasteiger partial charge in [-0.3, -0.25) is 0 Å². The Kier molecular flexibility index (Phi) is 4.60. The number of para-hydroxylation sites is 2. The van der Waals surface area contributed by atoms with Gasteiger partial charge >= 0.3 is 0 Å². The van der Waals surface area contributed by atoms with Crippen molar-refractivity contribution in [2.75, 3.05) is 17.3 Å². The van der Waals surface area contributed by atoms with Gasteiger partial charge in [0.15, 0.2) is 5.82 Å². The minimum atomic E-state index is 0.320. The SMILES string of the molecule is CN(c1ccccc1)c1cnnc(Nc2c(Cl)cccc2Cl)n1. The average molecular weight is 346 g/mol. The van der Waals surface area contributed by atoms with E-state index in [0.29, 0.717) is 27.5 Å². The van der Waals surface area contributed by atoms with E-state index in [1.165, 1.54) is 0 Å². The fourth-order valence-corrected chi connectivity index (χ4v) is 2.51. The van der Waals surface area contributed by atoms with Crippen LogP contribution in [0.5, 0.6) is 0 Å². The summed E-state index contributed by atoms with van der Waals surface area (Å²) in [4.78, 5) is 6.36. The first-order chi connectivity index (χ1) is 11.1. The van der Waals surface area contributed by atoms with Crippen molar-refractivity contribution >= 4 is 46.3 Å². The Morgan fingerprint density at radius 1 is 0.957 bits per heavy atom. The standard InChI is InChI=1S/C16H13Cl2N5/c1-23(11-6-3-2-4-7-11)14-10-19-22-16(20-14)21-15-12(17)8-5-9-13(15)18/h2-10H,1H3,(H,20,21,22). The van der Waals surface area contributed by atoms with Crippen molar-refractivity contribution in [3.63, 3.8) is 0 Å². The number of hydrogen-bond donors (Lipinski definition) is 1. The van der Waals surface area contributed by atoms with Crippen molar-refractivity contribution in [2.45, 2.75) is 0 Å². The van der Waals surface area contributed by atoms with Crippen LogP contribution in [0.3, 0.4) is 0 Å². The number of rotatable bonds is 4. The Balaban J connectivity index is 1.89. The number of nitrogens with one attached hydrogen (secondary N) is 1. The van der Waals surface area contributed by atoms with Gasteiger partial charge in [0, 0.05) is 12.7 Å². The minimum absolute atomic E-state index is 0.320. The van der Waals surface area contributed by atoms with Crippen LogP contribution in [-0.4, -0.2) is 22.2 Å². The van der Waals surface area contributed by atoms with Crippen molar-refractivity contribution in [2.24, 2.45) is 0 Å². The van der Waals surface area contributed by atoms with E-state index in [1.807, 2.05) is 42.3 Å². The zero-order chi connectivity index (χ0) is 16.2. The summed E-state index contributed by atoms with van der Waals surface area (Å²) in [6.07, 6.45) is 1.59. The maximum absolute atomic E-state index is 6.14. The summed E-state index contributed by atoms with van der Waals surface area (Å²) in [5, 5.41) is 12.0. The van der Waals surface area contributed by atoms with E-state index in [1.54, 1.807) is 24.4 Å². The van der Waals surface area contributed by atoms with E-state index in [2.05, 4.69) is 20.5 Å². The average Bonchev–Trinajstić information content (AvgIpc) is 2.59. The molecule has 5 nitrogen and oxygen atoms in total. The summed E-state index contributed by atoms with van der Waals surface area (Å²) < 4.78 is 0. The predicted octanol–water partition coefficient (Wildman–Crippen LogP) is 4.69. The monoisotopic (exact) mass is 345 g/mol. The number of nitrogens with zero attached hydrogens (tertiary/aromatic N) is 4. The van der Waals surface area contributed by atoms with Crippen molar-refractivity contribution in [3.8, 4) is 0 Å². The van der Waals surface area contributed by atoms with Crippen molar-refractivity contribution in [1.29, 1.82) is 0 Å². The van der Waals surface area contributed by atoms with E-state index >= 15 is 0 Å². The molecule has 0 amide bonds. The van der Waals surface area contributed by atoms with Gasteiger partial charge in [0.2, 0.25) is 5.95 Å². The lowest BCUT2D eigenvalue weighted by Crippen LogP contribution is -2.13. The van der Waals surface area contributed by atoms with Crippen LogP contribution in [0.4, 0.5) is 23.1 Å². The summed E-state index contributed by atoms with van der Waals surface area (Å²) in [5.74, 6) is 0.970. The van der Waals surface area contributed by atoms with Gasteiger partial charge in [-0.15, -0.1) is 5.10 Å². The van der Waals surface area contributed by atoms with Crippen LogP contribution in [0.15, 0.2) is 54.7 Å². The summed E-state index contributed by atoms with van der Waals surface area (Å²) in [6.45, 7) is 0. The molecule has 3 aromatic rings. The molecule has 1 aromatic heterocycles. The second-order valence-electron chi connectivity index (χ2n) is 4.75. The molecule has 0 aliphatic carbocycles. The van der Waals surface area contributed by atoms with Crippen LogP contribution >= 0.6 is 23.2 Å². The number of anilines is 4. The number of halogens is 2. The maximum atomic E-state index is 6.14. The van der Waals surface area contributed by atoms with E-state index in [4.69, 9.17) is 23.2 Å². The van der Waals surface area contributed by atoms with Gasteiger partial charge in [-0.1, -0.05) is 47.5 Å². The molecule has 0 saturated heterocycles. The molecule has 0 unspecified atom stereocenters. The first-order valence-corrected chi connectivity index (χ1v) is 7.60. The van der Waals surface area contributed by atoms with Crippen LogP contribution in [0, 0.1) is 0 Å². The van der Waals surface area contributed by atoms with E-state index in [0.717, 1.165) is 5.69 Å². The molecule has 2 aromatic carbocycles. The summed E-state index contributed by atoms with van der Waals surface area (Å²) in [5.41, 5.74) is 1.55. The quantitative estimate of drug-likeness (QED) is 0.743. The summed E-state index contributed by atoms with van der Waals surface area (Å²) in [7, 11) is 1.91. The van der Waals surface area contributed by atoms with Gasteiger partial charge in [0.1, 0.15) is 0 Å². The fraction of sp³-hybridized carbons (Fsp3) is 0.0625. The molecule has 0 aliphatic rings. The van der Waals surface area contributed by atoms with Gasteiger partial charge in [0.05, 0.1) is 21.9 Å².